The molecule has 3 unspecified atom stereocenters. The van der Waals surface area contributed by atoms with Crippen molar-refractivity contribution in [2.75, 3.05) is 6.54 Å². The van der Waals surface area contributed by atoms with Crippen LogP contribution in [0.1, 0.15) is 25.3 Å². The smallest absolute Gasteiger partial charge is 0.281 e. The molecular formula is C15H20N2O3. The summed E-state index contributed by atoms with van der Waals surface area (Å²) in [6.07, 6.45) is 1.45. The van der Waals surface area contributed by atoms with Crippen molar-refractivity contribution >= 4 is 0 Å². The molecule has 0 bridgehead atoms. The Bertz CT molecular complexity index is 505. The molecule has 0 aromatic heterocycles. The van der Waals surface area contributed by atoms with E-state index < -0.39 is 5.66 Å². The number of aliphatic hydroxyl groups excluding tert-OH is 1. The average Bonchev–Trinajstić information content (AvgIpc) is 2.63. The molecule has 1 N–H and O–H groups in total. The van der Waals surface area contributed by atoms with Gasteiger partial charge < -0.3 is 5.11 Å². The van der Waals surface area contributed by atoms with Crippen molar-refractivity contribution in [3.8, 4) is 0 Å². The third kappa shape index (κ3) is 1.93. The van der Waals surface area contributed by atoms with Gasteiger partial charge in [-0.15, -0.1) is 0 Å². The second-order valence-corrected chi connectivity index (χ2v) is 6.06. The van der Waals surface area contributed by atoms with Gasteiger partial charge in [0.05, 0.1) is 12.5 Å². The van der Waals surface area contributed by atoms with Crippen molar-refractivity contribution in [2.24, 2.45) is 5.92 Å². The first kappa shape index (κ1) is 13.5. The van der Waals surface area contributed by atoms with Crippen LogP contribution in [0.2, 0.25) is 0 Å². The van der Waals surface area contributed by atoms with E-state index >= 15 is 0 Å². The van der Waals surface area contributed by atoms with E-state index in [1.54, 1.807) is 6.92 Å². The van der Waals surface area contributed by atoms with Gasteiger partial charge in [-0.05, 0) is 18.9 Å². The van der Waals surface area contributed by atoms with Crippen LogP contribution in [0.3, 0.4) is 0 Å². The summed E-state index contributed by atoms with van der Waals surface area (Å²) in [5, 5.41) is 21.4. The van der Waals surface area contributed by atoms with Crippen molar-refractivity contribution in [1.82, 2.24) is 4.90 Å². The summed E-state index contributed by atoms with van der Waals surface area (Å²) < 4.78 is 0. The van der Waals surface area contributed by atoms with Crippen LogP contribution in [0.5, 0.6) is 0 Å². The van der Waals surface area contributed by atoms with E-state index in [0.29, 0.717) is 19.4 Å². The Morgan fingerprint density at radius 3 is 2.80 bits per heavy atom. The third-order valence-electron chi connectivity index (χ3n) is 4.97. The summed E-state index contributed by atoms with van der Waals surface area (Å²) in [5.74, 6) is 0.188. The normalized spacial score (nSPS) is 34.3. The van der Waals surface area contributed by atoms with Crippen molar-refractivity contribution < 1.29 is 10.0 Å². The second kappa shape index (κ2) is 4.82. The molecule has 3 rings (SSSR count). The fourth-order valence-corrected chi connectivity index (χ4v) is 3.80. The van der Waals surface area contributed by atoms with Crippen molar-refractivity contribution in [1.29, 1.82) is 0 Å². The average molecular weight is 276 g/mol. The van der Waals surface area contributed by atoms with Gasteiger partial charge in [-0.25, -0.2) is 4.90 Å². The zero-order chi connectivity index (χ0) is 14.3. The van der Waals surface area contributed by atoms with E-state index in [1.807, 2.05) is 35.2 Å². The molecule has 4 atom stereocenters. The van der Waals surface area contributed by atoms with E-state index in [-0.39, 0.29) is 23.0 Å². The lowest BCUT2D eigenvalue weighted by molar-refractivity contribution is -0.603. The quantitative estimate of drug-likeness (QED) is 0.671. The molecule has 0 amide bonds. The third-order valence-corrected chi connectivity index (χ3v) is 4.97. The minimum Gasteiger partial charge on any atom is -0.393 e. The fraction of sp³-hybridized carbons (Fsp3) is 0.600. The summed E-state index contributed by atoms with van der Waals surface area (Å²) in [6, 6.07) is 9.83. The van der Waals surface area contributed by atoms with Gasteiger partial charge in [-0.2, -0.15) is 0 Å². The van der Waals surface area contributed by atoms with Crippen molar-refractivity contribution in [3.63, 3.8) is 0 Å². The number of nitrogens with zero attached hydrogens (tertiary/aromatic N) is 2. The summed E-state index contributed by atoms with van der Waals surface area (Å²) in [4.78, 5) is 13.6. The number of hydrogen-bond donors (Lipinski definition) is 1. The van der Waals surface area contributed by atoms with Crippen molar-refractivity contribution in [2.45, 2.75) is 44.0 Å². The lowest BCUT2D eigenvalue weighted by atomic mass is 9.84. The minimum atomic E-state index is -0.975. The predicted molar refractivity (Wildman–Crippen MR) is 74.8 cm³/mol. The lowest BCUT2D eigenvalue weighted by Crippen LogP contribution is -2.66. The highest BCUT2D eigenvalue weighted by atomic mass is 16.6. The van der Waals surface area contributed by atoms with Gasteiger partial charge in [0.2, 0.25) is 0 Å². The van der Waals surface area contributed by atoms with Gasteiger partial charge in [0.25, 0.3) is 5.66 Å². The van der Waals surface area contributed by atoms with Crippen LogP contribution < -0.4 is 0 Å². The maximum atomic E-state index is 11.7. The maximum absolute atomic E-state index is 11.7. The van der Waals surface area contributed by atoms with Crippen molar-refractivity contribution in [3.05, 3.63) is 46.0 Å². The predicted octanol–water partition coefficient (Wildman–Crippen LogP) is 1.68. The number of rotatable bonds is 4. The molecule has 2 aliphatic rings. The van der Waals surface area contributed by atoms with Crippen LogP contribution in [0.15, 0.2) is 30.3 Å². The Morgan fingerprint density at radius 2 is 2.20 bits per heavy atom. The monoisotopic (exact) mass is 276 g/mol. The highest BCUT2D eigenvalue weighted by Gasteiger charge is 2.63. The molecule has 108 valence electrons. The Labute approximate surface area is 118 Å². The zero-order valence-electron chi connectivity index (χ0n) is 11.6. The first-order valence-electron chi connectivity index (χ1n) is 7.18. The van der Waals surface area contributed by atoms with Gasteiger partial charge >= 0.3 is 0 Å². The summed E-state index contributed by atoms with van der Waals surface area (Å²) >= 11 is 0. The van der Waals surface area contributed by atoms with E-state index in [9.17, 15) is 15.2 Å². The Morgan fingerprint density at radius 1 is 1.50 bits per heavy atom. The minimum absolute atomic E-state index is 0.113. The summed E-state index contributed by atoms with van der Waals surface area (Å²) in [7, 11) is 0. The molecular weight excluding hydrogens is 256 g/mol. The zero-order valence-corrected chi connectivity index (χ0v) is 11.6. The molecule has 2 saturated heterocycles. The van der Waals surface area contributed by atoms with E-state index in [4.69, 9.17) is 0 Å². The SMILES string of the molecule is C[C@@H](O)C1CN2C1CCC2(Cc1ccccc1)[N+](=O)[O-]. The standard InChI is InChI=1S/C15H20N2O3/c1-11(18)13-10-16-14(13)7-8-15(16,17(19)20)9-12-5-3-2-4-6-12/h2-6,11,13-14,18H,7-10H2,1H3/t11-,13?,14?,15?/m1/s1. The molecule has 20 heavy (non-hydrogen) atoms. The molecule has 0 saturated carbocycles. The molecule has 2 fully saturated rings. The van der Waals surface area contributed by atoms with E-state index in [2.05, 4.69) is 0 Å². The number of hydrogen-bond acceptors (Lipinski definition) is 4. The van der Waals surface area contributed by atoms with E-state index in [1.165, 1.54) is 0 Å². The summed E-state index contributed by atoms with van der Waals surface area (Å²) in [5.41, 5.74) is 0.0302. The van der Waals surface area contributed by atoms with Gasteiger partial charge in [0, 0.05) is 29.8 Å². The first-order valence-corrected chi connectivity index (χ1v) is 7.18. The fourth-order valence-electron chi connectivity index (χ4n) is 3.80. The van der Waals surface area contributed by atoms with Crippen LogP contribution in [-0.2, 0) is 6.42 Å². The summed E-state index contributed by atoms with van der Waals surface area (Å²) in [6.45, 7) is 2.42. The van der Waals surface area contributed by atoms with Crippen LogP contribution in [0.4, 0.5) is 0 Å². The molecule has 0 aliphatic carbocycles. The van der Waals surface area contributed by atoms with Gasteiger partial charge in [0.15, 0.2) is 0 Å². The van der Waals surface area contributed by atoms with Gasteiger partial charge in [-0.1, -0.05) is 30.3 Å². The molecule has 0 radical (unpaired) electrons. The van der Waals surface area contributed by atoms with Crippen LogP contribution >= 0.6 is 0 Å². The highest BCUT2D eigenvalue weighted by Crippen LogP contribution is 2.47. The maximum Gasteiger partial charge on any atom is 0.281 e. The molecule has 2 heterocycles. The molecule has 0 spiro atoms. The molecule has 1 aromatic carbocycles. The lowest BCUT2D eigenvalue weighted by Gasteiger charge is -2.48. The molecule has 2 aliphatic heterocycles. The van der Waals surface area contributed by atoms with Crippen LogP contribution in [0.25, 0.3) is 0 Å². The Kier molecular flexibility index (Phi) is 3.26. The second-order valence-electron chi connectivity index (χ2n) is 6.06. The number of fused-ring (bicyclic) bond motifs is 1. The van der Waals surface area contributed by atoms with Gasteiger partial charge in [0.1, 0.15) is 0 Å². The van der Waals surface area contributed by atoms with E-state index in [0.717, 1.165) is 12.0 Å². The number of aliphatic hydroxyl groups is 1. The van der Waals surface area contributed by atoms with Crippen LogP contribution in [-0.4, -0.2) is 39.3 Å². The highest BCUT2D eigenvalue weighted by molar-refractivity contribution is 5.19. The number of benzene rings is 1. The first-order chi connectivity index (χ1) is 9.54. The molecule has 5 heteroatoms. The molecule has 1 aromatic rings. The number of nitro groups is 1. The molecule has 5 nitrogen and oxygen atoms in total. The Balaban J connectivity index is 1.83. The van der Waals surface area contributed by atoms with Crippen LogP contribution in [0, 0.1) is 16.0 Å². The largest absolute Gasteiger partial charge is 0.393 e. The Hall–Kier alpha value is -1.46. The topological polar surface area (TPSA) is 66.6 Å². The van der Waals surface area contributed by atoms with Gasteiger partial charge in [-0.3, -0.25) is 10.1 Å².